The van der Waals surface area contributed by atoms with Crippen LogP contribution >= 0.6 is 0 Å². The SMILES string of the molecule is CCN(CC1CCCO1)c1ccc(C=CC(=O)O)cc1C. The third-order valence-corrected chi connectivity index (χ3v) is 3.81. The number of carbonyl (C=O) groups is 1. The molecule has 0 saturated carbocycles. The molecule has 0 radical (unpaired) electrons. The van der Waals surface area contributed by atoms with Crippen LogP contribution in [0.3, 0.4) is 0 Å². The van der Waals surface area contributed by atoms with Crippen LogP contribution in [0.25, 0.3) is 6.08 Å². The Kier molecular flexibility index (Phi) is 5.39. The zero-order valence-corrected chi connectivity index (χ0v) is 12.7. The number of hydrogen-bond acceptors (Lipinski definition) is 3. The average molecular weight is 289 g/mol. The lowest BCUT2D eigenvalue weighted by Crippen LogP contribution is -2.32. The van der Waals surface area contributed by atoms with Gasteiger partial charge in [0.2, 0.25) is 0 Å². The fourth-order valence-corrected chi connectivity index (χ4v) is 2.74. The molecular weight excluding hydrogens is 266 g/mol. The molecule has 0 amide bonds. The number of aliphatic carboxylic acids is 1. The number of aryl methyl sites for hydroxylation is 1. The Labute approximate surface area is 126 Å². The van der Waals surface area contributed by atoms with E-state index in [-0.39, 0.29) is 0 Å². The second-order valence-electron chi connectivity index (χ2n) is 5.39. The molecule has 0 bridgehead atoms. The first-order chi connectivity index (χ1) is 10.1. The Bertz CT molecular complexity index is 519. The van der Waals surface area contributed by atoms with Crippen molar-refractivity contribution in [2.45, 2.75) is 32.8 Å². The second kappa shape index (κ2) is 7.27. The third-order valence-electron chi connectivity index (χ3n) is 3.81. The van der Waals surface area contributed by atoms with E-state index >= 15 is 0 Å². The fraction of sp³-hybridized carbons (Fsp3) is 0.471. The van der Waals surface area contributed by atoms with Gasteiger partial charge in [-0.25, -0.2) is 4.79 Å². The van der Waals surface area contributed by atoms with E-state index in [2.05, 4.69) is 24.8 Å². The smallest absolute Gasteiger partial charge is 0.328 e. The number of ether oxygens (including phenoxy) is 1. The molecule has 1 unspecified atom stereocenters. The van der Waals surface area contributed by atoms with Crippen molar-refractivity contribution >= 4 is 17.7 Å². The Morgan fingerprint density at radius 3 is 2.90 bits per heavy atom. The van der Waals surface area contributed by atoms with E-state index in [1.807, 2.05) is 12.1 Å². The maximum atomic E-state index is 10.6. The molecule has 4 nitrogen and oxygen atoms in total. The highest BCUT2D eigenvalue weighted by atomic mass is 16.5. The Morgan fingerprint density at radius 2 is 2.33 bits per heavy atom. The molecule has 1 aliphatic rings. The molecule has 1 N–H and O–H groups in total. The topological polar surface area (TPSA) is 49.8 Å². The minimum Gasteiger partial charge on any atom is -0.478 e. The highest BCUT2D eigenvalue weighted by Crippen LogP contribution is 2.24. The molecule has 1 heterocycles. The Hall–Kier alpha value is -1.81. The van der Waals surface area contributed by atoms with Gasteiger partial charge in [-0.05, 0) is 56.0 Å². The van der Waals surface area contributed by atoms with Gasteiger partial charge >= 0.3 is 5.97 Å². The van der Waals surface area contributed by atoms with Crippen LogP contribution in [0, 0.1) is 6.92 Å². The van der Waals surface area contributed by atoms with Crippen LogP contribution in [0.4, 0.5) is 5.69 Å². The lowest BCUT2D eigenvalue weighted by atomic mass is 10.1. The number of hydrogen-bond donors (Lipinski definition) is 1. The van der Waals surface area contributed by atoms with Crippen molar-refractivity contribution < 1.29 is 14.6 Å². The van der Waals surface area contributed by atoms with E-state index < -0.39 is 5.97 Å². The zero-order chi connectivity index (χ0) is 15.2. The number of benzene rings is 1. The van der Waals surface area contributed by atoms with Crippen LogP contribution in [-0.4, -0.2) is 36.9 Å². The Morgan fingerprint density at radius 1 is 1.52 bits per heavy atom. The number of anilines is 1. The largest absolute Gasteiger partial charge is 0.478 e. The number of rotatable bonds is 6. The summed E-state index contributed by atoms with van der Waals surface area (Å²) in [7, 11) is 0. The van der Waals surface area contributed by atoms with Gasteiger partial charge in [0.15, 0.2) is 0 Å². The van der Waals surface area contributed by atoms with Gasteiger partial charge in [0, 0.05) is 31.5 Å². The first-order valence-electron chi connectivity index (χ1n) is 7.48. The summed E-state index contributed by atoms with van der Waals surface area (Å²) in [6, 6.07) is 6.04. The summed E-state index contributed by atoms with van der Waals surface area (Å²) in [6.45, 7) is 6.94. The van der Waals surface area contributed by atoms with E-state index in [1.54, 1.807) is 6.08 Å². The predicted octanol–water partition coefficient (Wildman–Crippen LogP) is 3.10. The summed E-state index contributed by atoms with van der Waals surface area (Å²) in [5.41, 5.74) is 3.26. The molecule has 0 aliphatic carbocycles. The summed E-state index contributed by atoms with van der Waals surface area (Å²) in [6.07, 6.45) is 5.40. The highest BCUT2D eigenvalue weighted by molar-refractivity contribution is 5.85. The van der Waals surface area contributed by atoms with Gasteiger partial charge in [0.25, 0.3) is 0 Å². The first-order valence-corrected chi connectivity index (χ1v) is 7.48. The van der Waals surface area contributed by atoms with Gasteiger partial charge in [-0.2, -0.15) is 0 Å². The molecule has 0 spiro atoms. The predicted molar refractivity (Wildman–Crippen MR) is 84.7 cm³/mol. The molecule has 1 aliphatic heterocycles. The van der Waals surface area contributed by atoms with Gasteiger partial charge in [-0.3, -0.25) is 0 Å². The molecule has 4 heteroatoms. The molecule has 114 valence electrons. The summed E-state index contributed by atoms with van der Waals surface area (Å²) >= 11 is 0. The summed E-state index contributed by atoms with van der Waals surface area (Å²) in [4.78, 5) is 12.9. The zero-order valence-electron chi connectivity index (χ0n) is 12.7. The summed E-state index contributed by atoms with van der Waals surface area (Å²) in [5.74, 6) is -0.926. The third kappa shape index (κ3) is 4.33. The number of likely N-dealkylation sites (N-methyl/N-ethyl adjacent to an activating group) is 1. The maximum Gasteiger partial charge on any atom is 0.328 e. The molecule has 1 saturated heterocycles. The molecule has 0 aromatic heterocycles. The monoisotopic (exact) mass is 289 g/mol. The molecule has 2 rings (SSSR count). The summed E-state index contributed by atoms with van der Waals surface area (Å²) in [5, 5.41) is 8.68. The standard InChI is InChI=1S/C17H23NO3/c1-3-18(12-15-5-4-10-21-15)16-8-6-14(11-13(16)2)7-9-17(19)20/h6-9,11,15H,3-5,10,12H2,1-2H3,(H,19,20). The van der Waals surface area contributed by atoms with Crippen LogP contribution in [-0.2, 0) is 9.53 Å². The van der Waals surface area contributed by atoms with Crippen molar-refractivity contribution in [2.75, 3.05) is 24.6 Å². The summed E-state index contributed by atoms with van der Waals surface area (Å²) < 4.78 is 5.72. The fourth-order valence-electron chi connectivity index (χ4n) is 2.74. The van der Waals surface area contributed by atoms with E-state index in [4.69, 9.17) is 9.84 Å². The number of nitrogens with zero attached hydrogens (tertiary/aromatic N) is 1. The van der Waals surface area contributed by atoms with E-state index in [9.17, 15) is 4.79 Å². The first kappa shape index (κ1) is 15.6. The lowest BCUT2D eigenvalue weighted by Gasteiger charge is -2.27. The van der Waals surface area contributed by atoms with Crippen molar-refractivity contribution in [3.63, 3.8) is 0 Å². The van der Waals surface area contributed by atoms with E-state index in [1.165, 1.54) is 11.8 Å². The maximum absolute atomic E-state index is 10.6. The average Bonchev–Trinajstić information content (AvgIpc) is 2.96. The van der Waals surface area contributed by atoms with Crippen LogP contribution in [0.2, 0.25) is 0 Å². The molecule has 1 aromatic rings. The van der Waals surface area contributed by atoms with Gasteiger partial charge in [-0.1, -0.05) is 6.07 Å². The van der Waals surface area contributed by atoms with Crippen molar-refractivity contribution in [2.24, 2.45) is 0 Å². The van der Waals surface area contributed by atoms with Crippen molar-refractivity contribution in [3.8, 4) is 0 Å². The van der Waals surface area contributed by atoms with Crippen molar-refractivity contribution in [1.29, 1.82) is 0 Å². The van der Waals surface area contributed by atoms with Crippen LogP contribution < -0.4 is 4.90 Å². The number of carboxylic acids is 1. The second-order valence-corrected chi connectivity index (χ2v) is 5.39. The lowest BCUT2D eigenvalue weighted by molar-refractivity contribution is -0.131. The highest BCUT2D eigenvalue weighted by Gasteiger charge is 2.19. The van der Waals surface area contributed by atoms with Crippen LogP contribution in [0.5, 0.6) is 0 Å². The molecule has 21 heavy (non-hydrogen) atoms. The molecule has 1 fully saturated rings. The van der Waals surface area contributed by atoms with E-state index in [0.717, 1.165) is 43.7 Å². The van der Waals surface area contributed by atoms with Crippen LogP contribution in [0.1, 0.15) is 30.9 Å². The molecular formula is C17H23NO3. The minimum absolute atomic E-state index is 0.330. The van der Waals surface area contributed by atoms with Gasteiger partial charge < -0.3 is 14.7 Å². The van der Waals surface area contributed by atoms with Gasteiger partial charge in [0.1, 0.15) is 0 Å². The van der Waals surface area contributed by atoms with Crippen molar-refractivity contribution in [3.05, 3.63) is 35.4 Å². The Balaban J connectivity index is 2.11. The van der Waals surface area contributed by atoms with Crippen LogP contribution in [0.15, 0.2) is 24.3 Å². The van der Waals surface area contributed by atoms with Gasteiger partial charge in [-0.15, -0.1) is 0 Å². The molecule has 1 atom stereocenters. The van der Waals surface area contributed by atoms with Crippen molar-refractivity contribution in [1.82, 2.24) is 0 Å². The number of carboxylic acid groups (broad SMARTS) is 1. The molecule has 1 aromatic carbocycles. The van der Waals surface area contributed by atoms with E-state index in [0.29, 0.717) is 6.10 Å². The normalized spacial score (nSPS) is 18.3. The minimum atomic E-state index is -0.926. The quantitative estimate of drug-likeness (QED) is 0.818. The van der Waals surface area contributed by atoms with Gasteiger partial charge in [0.05, 0.1) is 6.10 Å².